The lowest BCUT2D eigenvalue weighted by molar-refractivity contribution is 0.0902. The molecule has 4 heteroatoms. The van der Waals surface area contributed by atoms with Gasteiger partial charge in [0, 0.05) is 10.4 Å². The zero-order chi connectivity index (χ0) is 13.3. The first kappa shape index (κ1) is 13.8. The van der Waals surface area contributed by atoms with Crippen molar-refractivity contribution >= 4 is 24.2 Å². The quantitative estimate of drug-likeness (QED) is 0.838. The summed E-state index contributed by atoms with van der Waals surface area (Å²) in [6.45, 7) is 6.48. The Morgan fingerprint density at radius 1 is 1.33 bits per heavy atom. The third-order valence-electron chi connectivity index (χ3n) is 2.97. The van der Waals surface area contributed by atoms with Gasteiger partial charge in [0.2, 0.25) is 8.32 Å². The summed E-state index contributed by atoms with van der Waals surface area (Å²) in [5.74, 6) is 1.08. The first-order valence-electron chi connectivity index (χ1n) is 6.20. The van der Waals surface area contributed by atoms with Crippen molar-refractivity contribution in [3.63, 3.8) is 0 Å². The molecule has 0 fully saturated rings. The first-order chi connectivity index (χ1) is 8.38. The summed E-state index contributed by atoms with van der Waals surface area (Å²) < 4.78 is 6.95. The number of benzene rings is 1. The predicted octanol–water partition coefficient (Wildman–Crippen LogP) is 4.24. The molecule has 2 rings (SSSR count). The van der Waals surface area contributed by atoms with Crippen LogP contribution in [0.4, 0.5) is 0 Å². The molecule has 1 N–H and O–H groups in total. The highest BCUT2D eigenvalue weighted by atomic mass is 79.9. The molecule has 0 bridgehead atoms. The van der Waals surface area contributed by atoms with E-state index in [1.165, 1.54) is 0 Å². The van der Waals surface area contributed by atoms with Gasteiger partial charge in [-0.1, -0.05) is 34.1 Å². The minimum absolute atomic E-state index is 0.107. The van der Waals surface area contributed by atoms with Gasteiger partial charge in [0.05, 0.1) is 11.9 Å². The van der Waals surface area contributed by atoms with Crippen LogP contribution in [0.5, 0.6) is 0 Å². The van der Waals surface area contributed by atoms with Crippen LogP contribution >= 0.6 is 15.9 Å². The number of hydrogen-bond acceptors (Lipinski definition) is 2. The van der Waals surface area contributed by atoms with Crippen LogP contribution in [-0.4, -0.2) is 13.4 Å². The maximum absolute atomic E-state index is 10.5. The number of halogens is 1. The molecule has 0 aromatic heterocycles. The second-order valence-electron chi connectivity index (χ2n) is 5.63. The Balaban J connectivity index is 2.11. The van der Waals surface area contributed by atoms with Crippen molar-refractivity contribution in [1.82, 2.24) is 0 Å². The Hall–Kier alpha value is -0.583. The van der Waals surface area contributed by atoms with E-state index in [9.17, 15) is 5.11 Å². The van der Waals surface area contributed by atoms with Crippen LogP contribution in [0.2, 0.25) is 19.6 Å². The van der Waals surface area contributed by atoms with Crippen molar-refractivity contribution in [2.45, 2.75) is 32.2 Å². The average Bonchev–Trinajstić information content (AvgIpc) is 2.24. The fourth-order valence-electron chi connectivity index (χ4n) is 2.04. The van der Waals surface area contributed by atoms with E-state index in [0.29, 0.717) is 0 Å². The smallest absolute Gasteiger partial charge is 0.241 e. The van der Waals surface area contributed by atoms with E-state index in [1.807, 2.05) is 24.3 Å². The van der Waals surface area contributed by atoms with Crippen molar-refractivity contribution in [2.24, 2.45) is 5.92 Å². The Kier molecular flexibility index (Phi) is 3.99. The van der Waals surface area contributed by atoms with Gasteiger partial charge in [-0.3, -0.25) is 0 Å². The lowest BCUT2D eigenvalue weighted by Crippen LogP contribution is -2.32. The molecule has 0 aliphatic heterocycles. The van der Waals surface area contributed by atoms with E-state index < -0.39 is 14.4 Å². The highest BCUT2D eigenvalue weighted by Crippen LogP contribution is 2.41. The number of aliphatic hydroxyl groups excluding tert-OH is 1. The van der Waals surface area contributed by atoms with Crippen molar-refractivity contribution in [1.29, 1.82) is 0 Å². The summed E-state index contributed by atoms with van der Waals surface area (Å²) in [4.78, 5) is 0. The minimum atomic E-state index is -1.58. The molecule has 0 radical (unpaired) electrons. The summed E-state index contributed by atoms with van der Waals surface area (Å²) in [6, 6.07) is 7.82. The van der Waals surface area contributed by atoms with Gasteiger partial charge in [0.1, 0.15) is 0 Å². The molecule has 2 nitrogen and oxygen atoms in total. The number of allylic oxidation sites excluding steroid dienone is 1. The first-order valence-corrected chi connectivity index (χ1v) is 10.4. The van der Waals surface area contributed by atoms with E-state index in [0.717, 1.165) is 22.2 Å². The fraction of sp³-hybridized carbons (Fsp3) is 0.429. The Labute approximate surface area is 118 Å². The van der Waals surface area contributed by atoms with Crippen molar-refractivity contribution in [3.8, 4) is 0 Å². The van der Waals surface area contributed by atoms with Crippen LogP contribution < -0.4 is 0 Å². The van der Waals surface area contributed by atoms with Crippen LogP contribution in [0.1, 0.15) is 18.1 Å². The molecule has 1 aromatic rings. The van der Waals surface area contributed by atoms with E-state index in [2.05, 4.69) is 41.6 Å². The Bertz CT molecular complexity index is 465. The van der Waals surface area contributed by atoms with E-state index >= 15 is 0 Å². The molecule has 0 unspecified atom stereocenters. The molecule has 98 valence electrons. The Morgan fingerprint density at radius 3 is 2.50 bits per heavy atom. The van der Waals surface area contributed by atoms with Crippen LogP contribution in [0.3, 0.4) is 0 Å². The van der Waals surface area contributed by atoms with Crippen LogP contribution in [0.25, 0.3) is 0 Å². The minimum Gasteiger partial charge on any atom is -0.547 e. The average molecular weight is 327 g/mol. The van der Waals surface area contributed by atoms with Crippen molar-refractivity contribution < 1.29 is 9.53 Å². The van der Waals surface area contributed by atoms with Crippen LogP contribution in [0, 0.1) is 5.92 Å². The summed E-state index contributed by atoms with van der Waals surface area (Å²) in [6.07, 6.45) is 2.49. The largest absolute Gasteiger partial charge is 0.547 e. The van der Waals surface area contributed by atoms with E-state index in [4.69, 9.17) is 4.43 Å². The topological polar surface area (TPSA) is 29.5 Å². The molecule has 1 aromatic carbocycles. The van der Waals surface area contributed by atoms with Gasteiger partial charge < -0.3 is 9.53 Å². The molecular formula is C14H19BrO2Si. The molecule has 18 heavy (non-hydrogen) atoms. The lowest BCUT2D eigenvalue weighted by Gasteiger charge is -2.35. The maximum atomic E-state index is 10.5. The highest BCUT2D eigenvalue weighted by Gasteiger charge is 2.34. The predicted molar refractivity (Wildman–Crippen MR) is 79.7 cm³/mol. The van der Waals surface area contributed by atoms with Gasteiger partial charge in [-0.25, -0.2) is 0 Å². The number of rotatable bonds is 4. The molecule has 0 saturated heterocycles. The summed E-state index contributed by atoms with van der Waals surface area (Å²) >= 11 is 3.49. The molecule has 1 aliphatic carbocycles. The second-order valence-corrected chi connectivity index (χ2v) is 10.9. The van der Waals surface area contributed by atoms with Crippen molar-refractivity contribution in [3.05, 3.63) is 46.1 Å². The number of aliphatic hydroxyl groups is 1. The zero-order valence-corrected chi connectivity index (χ0v) is 13.6. The lowest BCUT2D eigenvalue weighted by atomic mass is 9.84. The van der Waals surface area contributed by atoms with E-state index in [1.54, 1.807) is 0 Å². The van der Waals surface area contributed by atoms with Crippen molar-refractivity contribution in [2.75, 3.05) is 0 Å². The fourth-order valence-corrected chi connectivity index (χ4v) is 3.50. The normalized spacial score (nSPS) is 20.9. The molecule has 1 aliphatic rings. The SMILES string of the molecule is C[Si](C)(C)OC1=CC[C@@H]1[C@H](O)c1ccccc1Br. The standard InChI is InChI=1S/C14H19BrO2Si/c1-18(2,3)17-13-9-8-11(13)14(16)10-6-4-5-7-12(10)15/h4-7,9,11,14,16H,8H2,1-3H3/t11-,14+/m0/s1. The molecular weight excluding hydrogens is 308 g/mol. The van der Waals surface area contributed by atoms with Gasteiger partial charge in [-0.2, -0.15) is 0 Å². The molecule has 0 spiro atoms. The molecule has 0 amide bonds. The van der Waals surface area contributed by atoms with E-state index in [-0.39, 0.29) is 5.92 Å². The van der Waals surface area contributed by atoms with Gasteiger partial charge in [-0.15, -0.1) is 0 Å². The van der Waals surface area contributed by atoms with Gasteiger partial charge >= 0.3 is 0 Å². The monoisotopic (exact) mass is 326 g/mol. The third-order valence-corrected chi connectivity index (χ3v) is 4.54. The van der Waals surface area contributed by atoms with Crippen LogP contribution in [0.15, 0.2) is 40.6 Å². The Morgan fingerprint density at radius 2 is 2.00 bits per heavy atom. The molecule has 0 heterocycles. The third kappa shape index (κ3) is 3.05. The number of hydrogen-bond donors (Lipinski definition) is 1. The molecule has 2 atom stereocenters. The van der Waals surface area contributed by atoms with Gasteiger partial charge in [0.15, 0.2) is 0 Å². The van der Waals surface area contributed by atoms with Gasteiger partial charge in [-0.05, 0) is 43.8 Å². The second kappa shape index (κ2) is 5.19. The zero-order valence-electron chi connectivity index (χ0n) is 11.0. The van der Waals surface area contributed by atoms with Crippen LogP contribution in [-0.2, 0) is 4.43 Å². The summed E-state index contributed by atoms with van der Waals surface area (Å²) in [7, 11) is -1.58. The highest BCUT2D eigenvalue weighted by molar-refractivity contribution is 9.10. The maximum Gasteiger partial charge on any atom is 0.241 e. The molecule has 0 saturated carbocycles. The summed E-state index contributed by atoms with van der Waals surface area (Å²) in [5, 5.41) is 10.5. The van der Waals surface area contributed by atoms with Gasteiger partial charge in [0.25, 0.3) is 0 Å². The summed E-state index contributed by atoms with van der Waals surface area (Å²) in [5.41, 5.74) is 0.937.